The summed E-state index contributed by atoms with van der Waals surface area (Å²) in [7, 11) is 0. The van der Waals surface area contributed by atoms with E-state index >= 15 is 0 Å². The second kappa shape index (κ2) is 2.45. The topological polar surface area (TPSA) is 83.8 Å². The van der Waals surface area contributed by atoms with Gasteiger partial charge in [-0.15, -0.1) is 0 Å². The Bertz CT molecular complexity index is 270. The molecule has 13 heavy (non-hydrogen) atoms. The van der Waals surface area contributed by atoms with Gasteiger partial charge in [-0.05, 0) is 13.8 Å². The highest BCUT2D eigenvalue weighted by Crippen LogP contribution is 2.39. The summed E-state index contributed by atoms with van der Waals surface area (Å²) in [4.78, 5) is 21.9. The molecule has 0 aliphatic carbocycles. The summed E-state index contributed by atoms with van der Waals surface area (Å²) in [5.41, 5.74) is -3.34. The molecular weight excluding hydrogens is 176 g/mol. The van der Waals surface area contributed by atoms with Crippen LogP contribution in [0.4, 0.5) is 0 Å². The zero-order chi connectivity index (χ0) is 10.4. The van der Waals surface area contributed by atoms with E-state index in [1.54, 1.807) is 0 Å². The Labute approximate surface area is 75.3 Å². The molecule has 5 heteroatoms. The zero-order valence-electron chi connectivity index (χ0n) is 7.70. The number of carboxylic acid groups (broad SMARTS) is 1. The van der Waals surface area contributed by atoms with Gasteiger partial charge in [0, 0.05) is 5.92 Å². The van der Waals surface area contributed by atoms with Gasteiger partial charge in [0.05, 0.1) is 0 Å². The zero-order valence-corrected chi connectivity index (χ0v) is 7.70. The Morgan fingerprint density at radius 1 is 1.54 bits per heavy atom. The van der Waals surface area contributed by atoms with Crippen molar-refractivity contribution in [1.29, 1.82) is 0 Å². The fraction of sp³-hybridized carbons (Fsp3) is 0.750. The van der Waals surface area contributed by atoms with Crippen molar-refractivity contribution in [2.45, 2.75) is 32.0 Å². The van der Waals surface area contributed by atoms with Crippen LogP contribution in [0.2, 0.25) is 0 Å². The number of ether oxygens (including phenoxy) is 1. The highest BCUT2D eigenvalue weighted by molar-refractivity contribution is 5.90. The Morgan fingerprint density at radius 3 is 2.15 bits per heavy atom. The van der Waals surface area contributed by atoms with Crippen LogP contribution in [0.1, 0.15) is 20.8 Å². The molecule has 0 unspecified atom stereocenters. The quantitative estimate of drug-likeness (QED) is 0.555. The fourth-order valence-corrected chi connectivity index (χ4v) is 1.33. The van der Waals surface area contributed by atoms with E-state index in [0.717, 1.165) is 0 Å². The maximum atomic E-state index is 11.1. The fourth-order valence-electron chi connectivity index (χ4n) is 1.33. The summed E-state index contributed by atoms with van der Waals surface area (Å²) in [5, 5.41) is 18.4. The lowest BCUT2D eigenvalue weighted by Crippen LogP contribution is -2.45. The summed E-state index contributed by atoms with van der Waals surface area (Å²) in [6.07, 6.45) is 0. The summed E-state index contributed by atoms with van der Waals surface area (Å²) >= 11 is 0. The van der Waals surface area contributed by atoms with Crippen molar-refractivity contribution >= 4 is 11.9 Å². The highest BCUT2D eigenvalue weighted by Gasteiger charge is 2.61. The second-order valence-electron chi connectivity index (χ2n) is 3.67. The Hall–Kier alpha value is -1.10. The van der Waals surface area contributed by atoms with Crippen LogP contribution >= 0.6 is 0 Å². The van der Waals surface area contributed by atoms with Crippen molar-refractivity contribution in [2.75, 3.05) is 0 Å². The Balaban J connectivity index is 3.11. The molecule has 74 valence electrons. The van der Waals surface area contributed by atoms with Gasteiger partial charge in [0.15, 0.2) is 5.60 Å². The Kier molecular flexibility index (Phi) is 1.88. The van der Waals surface area contributed by atoms with Crippen LogP contribution in [0.15, 0.2) is 0 Å². The standard InChI is InChI=1S/C8H12O5/c1-4-7(2,12)6(11)13-8(4,3)5(9)10/h4,12H,1-3H3,(H,9,10)/t4-,7-,8-/m1/s1. The van der Waals surface area contributed by atoms with E-state index in [0.29, 0.717) is 0 Å². The number of rotatable bonds is 1. The summed E-state index contributed by atoms with van der Waals surface area (Å²) in [6, 6.07) is 0. The molecule has 1 aliphatic heterocycles. The molecule has 0 amide bonds. The average Bonchev–Trinajstić information content (AvgIpc) is 2.14. The van der Waals surface area contributed by atoms with E-state index in [1.165, 1.54) is 20.8 Å². The maximum Gasteiger partial charge on any atom is 0.348 e. The van der Waals surface area contributed by atoms with Crippen molar-refractivity contribution in [3.8, 4) is 0 Å². The van der Waals surface area contributed by atoms with Crippen molar-refractivity contribution in [3.63, 3.8) is 0 Å². The number of carbonyl (C=O) groups is 2. The van der Waals surface area contributed by atoms with E-state index in [2.05, 4.69) is 4.74 Å². The number of aliphatic hydroxyl groups is 1. The van der Waals surface area contributed by atoms with E-state index in [-0.39, 0.29) is 0 Å². The third kappa shape index (κ3) is 1.11. The number of carboxylic acids is 1. The summed E-state index contributed by atoms with van der Waals surface area (Å²) in [5.74, 6) is -2.90. The van der Waals surface area contributed by atoms with Gasteiger partial charge >= 0.3 is 11.9 Å². The van der Waals surface area contributed by atoms with E-state index < -0.39 is 29.1 Å². The van der Waals surface area contributed by atoms with Crippen LogP contribution in [0.5, 0.6) is 0 Å². The first-order valence-electron chi connectivity index (χ1n) is 3.92. The lowest BCUT2D eigenvalue weighted by Gasteiger charge is -2.24. The van der Waals surface area contributed by atoms with Crippen LogP contribution in [-0.2, 0) is 14.3 Å². The molecule has 0 spiro atoms. The minimum atomic E-state index is -1.72. The van der Waals surface area contributed by atoms with Crippen molar-refractivity contribution in [1.82, 2.24) is 0 Å². The van der Waals surface area contributed by atoms with Gasteiger partial charge in [0.2, 0.25) is 5.60 Å². The molecule has 0 aromatic heterocycles. The molecular formula is C8H12O5. The van der Waals surface area contributed by atoms with Gasteiger partial charge in [-0.1, -0.05) is 6.92 Å². The lowest BCUT2D eigenvalue weighted by molar-refractivity contribution is -0.170. The smallest absolute Gasteiger partial charge is 0.348 e. The number of hydrogen-bond acceptors (Lipinski definition) is 4. The van der Waals surface area contributed by atoms with E-state index in [9.17, 15) is 14.7 Å². The first kappa shape index (κ1) is 9.98. The first-order chi connectivity index (χ1) is 5.73. The molecule has 2 N–H and O–H groups in total. The summed E-state index contributed by atoms with van der Waals surface area (Å²) in [6.45, 7) is 4.01. The van der Waals surface area contributed by atoms with Gasteiger partial charge in [0.1, 0.15) is 0 Å². The first-order valence-corrected chi connectivity index (χ1v) is 3.92. The van der Waals surface area contributed by atoms with Gasteiger partial charge in [-0.25, -0.2) is 9.59 Å². The van der Waals surface area contributed by atoms with Crippen molar-refractivity contribution in [3.05, 3.63) is 0 Å². The van der Waals surface area contributed by atoms with Crippen LogP contribution < -0.4 is 0 Å². The molecule has 0 aromatic rings. The van der Waals surface area contributed by atoms with Gasteiger partial charge in [-0.2, -0.15) is 0 Å². The predicted molar refractivity (Wildman–Crippen MR) is 41.9 cm³/mol. The largest absolute Gasteiger partial charge is 0.478 e. The molecule has 0 bridgehead atoms. The highest BCUT2D eigenvalue weighted by atomic mass is 16.6. The third-order valence-electron chi connectivity index (χ3n) is 2.81. The van der Waals surface area contributed by atoms with Gasteiger partial charge in [0.25, 0.3) is 0 Å². The maximum absolute atomic E-state index is 11.1. The minimum Gasteiger partial charge on any atom is -0.478 e. The van der Waals surface area contributed by atoms with Gasteiger partial charge < -0.3 is 14.9 Å². The molecule has 3 atom stereocenters. The predicted octanol–water partition coefficient (Wildman–Crippen LogP) is -0.226. The molecule has 1 aliphatic rings. The number of aliphatic carboxylic acids is 1. The van der Waals surface area contributed by atoms with Crippen molar-refractivity contribution in [2.24, 2.45) is 5.92 Å². The minimum absolute atomic E-state index is 0.773. The van der Waals surface area contributed by atoms with Crippen LogP contribution in [-0.4, -0.2) is 33.4 Å². The molecule has 1 heterocycles. The molecule has 0 aromatic carbocycles. The third-order valence-corrected chi connectivity index (χ3v) is 2.81. The monoisotopic (exact) mass is 188 g/mol. The Morgan fingerprint density at radius 2 is 2.00 bits per heavy atom. The number of esters is 1. The van der Waals surface area contributed by atoms with Gasteiger partial charge in [-0.3, -0.25) is 0 Å². The molecule has 1 fully saturated rings. The average molecular weight is 188 g/mol. The van der Waals surface area contributed by atoms with Crippen LogP contribution in [0.3, 0.4) is 0 Å². The van der Waals surface area contributed by atoms with Crippen LogP contribution in [0.25, 0.3) is 0 Å². The SMILES string of the molecule is C[C@@H]1[C@@](C)(O)C(=O)O[C@@]1(C)C(=O)O. The molecule has 1 saturated heterocycles. The summed E-state index contributed by atoms with van der Waals surface area (Å²) < 4.78 is 4.65. The molecule has 0 radical (unpaired) electrons. The molecule has 0 saturated carbocycles. The van der Waals surface area contributed by atoms with Crippen LogP contribution in [0, 0.1) is 5.92 Å². The van der Waals surface area contributed by atoms with Crippen molar-refractivity contribution < 1.29 is 24.5 Å². The number of carbonyl (C=O) groups excluding carboxylic acids is 1. The lowest BCUT2D eigenvalue weighted by atomic mass is 9.81. The number of hydrogen-bond donors (Lipinski definition) is 2. The normalized spacial score (nSPS) is 44.6. The molecule has 1 rings (SSSR count). The molecule has 5 nitrogen and oxygen atoms in total. The van der Waals surface area contributed by atoms with E-state index in [4.69, 9.17) is 5.11 Å². The van der Waals surface area contributed by atoms with E-state index in [1.807, 2.05) is 0 Å². The number of cyclic esters (lactones) is 1. The second-order valence-corrected chi connectivity index (χ2v) is 3.67.